The van der Waals surface area contributed by atoms with Gasteiger partial charge >= 0.3 is 0 Å². The molecule has 0 amide bonds. The molecule has 0 aliphatic heterocycles. The van der Waals surface area contributed by atoms with Crippen LogP contribution in [0.3, 0.4) is 0 Å². The van der Waals surface area contributed by atoms with Gasteiger partial charge in [0.15, 0.2) is 0 Å². The van der Waals surface area contributed by atoms with Crippen molar-refractivity contribution < 1.29 is 0 Å². The molecule has 0 aromatic carbocycles. The van der Waals surface area contributed by atoms with Gasteiger partial charge in [0.1, 0.15) is 0 Å². The van der Waals surface area contributed by atoms with Crippen LogP contribution in [-0.2, 0) is 0 Å². The van der Waals surface area contributed by atoms with Gasteiger partial charge in [-0.05, 0) is 18.3 Å². The van der Waals surface area contributed by atoms with E-state index in [-0.39, 0.29) is 0 Å². The summed E-state index contributed by atoms with van der Waals surface area (Å²) < 4.78 is 0. The number of hydrogen-bond acceptors (Lipinski definition) is 0. The van der Waals surface area contributed by atoms with Gasteiger partial charge in [0, 0.05) is 5.92 Å². The van der Waals surface area contributed by atoms with Crippen molar-refractivity contribution in [1.82, 2.24) is 0 Å². The highest BCUT2D eigenvalue weighted by Crippen LogP contribution is 2.46. The molecular formula is C11H16. The van der Waals surface area contributed by atoms with Gasteiger partial charge in [0.2, 0.25) is 0 Å². The molecule has 0 nitrogen and oxygen atoms in total. The van der Waals surface area contributed by atoms with Gasteiger partial charge in [-0.25, -0.2) is 0 Å². The maximum absolute atomic E-state index is 2.48. The van der Waals surface area contributed by atoms with Crippen LogP contribution in [0.4, 0.5) is 0 Å². The maximum atomic E-state index is 2.48. The predicted molar refractivity (Wildman–Crippen MR) is 48.3 cm³/mol. The van der Waals surface area contributed by atoms with E-state index in [9.17, 15) is 0 Å². The SMILES string of the molecule is CCC1=CC2C=CC1C2CC. The normalized spacial score (nSPS) is 39.8. The molecular weight excluding hydrogens is 132 g/mol. The van der Waals surface area contributed by atoms with Crippen LogP contribution in [0.15, 0.2) is 23.8 Å². The fourth-order valence-corrected chi connectivity index (χ4v) is 2.59. The molecule has 0 fully saturated rings. The molecule has 0 saturated carbocycles. The van der Waals surface area contributed by atoms with Crippen molar-refractivity contribution in [3.63, 3.8) is 0 Å². The zero-order valence-electron chi connectivity index (χ0n) is 7.38. The van der Waals surface area contributed by atoms with Crippen LogP contribution in [0.25, 0.3) is 0 Å². The van der Waals surface area contributed by atoms with E-state index in [0.29, 0.717) is 0 Å². The molecule has 0 aromatic rings. The molecule has 2 aliphatic rings. The maximum Gasteiger partial charge on any atom is 0.00138 e. The number of fused-ring (bicyclic) bond motifs is 2. The minimum Gasteiger partial charge on any atom is -0.0807 e. The van der Waals surface area contributed by atoms with E-state index in [1.807, 2.05) is 0 Å². The van der Waals surface area contributed by atoms with Crippen LogP contribution in [0.5, 0.6) is 0 Å². The molecule has 11 heavy (non-hydrogen) atoms. The predicted octanol–water partition coefficient (Wildman–Crippen LogP) is 3.16. The molecule has 0 radical (unpaired) electrons. The quantitative estimate of drug-likeness (QED) is 0.528. The van der Waals surface area contributed by atoms with Crippen LogP contribution in [-0.4, -0.2) is 0 Å². The second-order valence-electron chi connectivity index (χ2n) is 3.66. The van der Waals surface area contributed by atoms with E-state index in [1.165, 1.54) is 12.8 Å². The first kappa shape index (κ1) is 7.15. The van der Waals surface area contributed by atoms with Crippen molar-refractivity contribution >= 4 is 0 Å². The zero-order chi connectivity index (χ0) is 7.84. The lowest BCUT2D eigenvalue weighted by Gasteiger charge is -2.14. The average Bonchev–Trinajstić information content (AvgIpc) is 2.59. The molecule has 0 spiro atoms. The van der Waals surface area contributed by atoms with E-state index in [1.54, 1.807) is 5.57 Å². The summed E-state index contributed by atoms with van der Waals surface area (Å²) in [5.74, 6) is 2.53. The molecule has 0 saturated heterocycles. The summed E-state index contributed by atoms with van der Waals surface area (Å²) in [5, 5.41) is 0. The molecule has 0 heterocycles. The van der Waals surface area contributed by atoms with E-state index in [4.69, 9.17) is 0 Å². The molecule has 60 valence electrons. The second kappa shape index (κ2) is 2.51. The van der Waals surface area contributed by atoms with Crippen molar-refractivity contribution in [2.75, 3.05) is 0 Å². The minimum atomic E-state index is 0.792. The van der Waals surface area contributed by atoms with Crippen LogP contribution in [0.2, 0.25) is 0 Å². The Bertz CT molecular complexity index is 210. The molecule has 3 atom stereocenters. The Morgan fingerprint density at radius 2 is 2.09 bits per heavy atom. The van der Waals surface area contributed by atoms with Gasteiger partial charge in [-0.15, -0.1) is 0 Å². The van der Waals surface area contributed by atoms with Gasteiger partial charge in [-0.3, -0.25) is 0 Å². The monoisotopic (exact) mass is 148 g/mol. The van der Waals surface area contributed by atoms with Crippen LogP contribution in [0.1, 0.15) is 26.7 Å². The Labute approximate surface area is 69.0 Å². The van der Waals surface area contributed by atoms with Gasteiger partial charge in [0.25, 0.3) is 0 Å². The van der Waals surface area contributed by atoms with E-state index < -0.39 is 0 Å². The first-order chi connectivity index (χ1) is 5.36. The van der Waals surface area contributed by atoms with Crippen molar-refractivity contribution in [2.45, 2.75) is 26.7 Å². The Morgan fingerprint density at radius 3 is 2.55 bits per heavy atom. The number of allylic oxidation sites excluding steroid dienone is 4. The summed E-state index contributed by atoms with van der Waals surface area (Å²) in [4.78, 5) is 0. The Balaban J connectivity index is 2.19. The van der Waals surface area contributed by atoms with E-state index in [2.05, 4.69) is 32.1 Å². The summed E-state index contributed by atoms with van der Waals surface area (Å²) in [6.45, 7) is 4.58. The first-order valence-electron chi connectivity index (χ1n) is 4.75. The fourth-order valence-electron chi connectivity index (χ4n) is 2.59. The summed E-state index contributed by atoms with van der Waals surface area (Å²) in [6, 6.07) is 0. The molecule has 2 rings (SSSR count). The van der Waals surface area contributed by atoms with Gasteiger partial charge in [0.05, 0.1) is 0 Å². The molecule has 3 unspecified atom stereocenters. The zero-order valence-corrected chi connectivity index (χ0v) is 7.38. The average molecular weight is 148 g/mol. The lowest BCUT2D eigenvalue weighted by molar-refractivity contribution is 0.428. The first-order valence-corrected chi connectivity index (χ1v) is 4.75. The van der Waals surface area contributed by atoms with Gasteiger partial charge in [-0.1, -0.05) is 44.1 Å². The van der Waals surface area contributed by atoms with Crippen molar-refractivity contribution in [3.05, 3.63) is 23.8 Å². The standard InChI is InChI=1S/C11H16/c1-3-8-7-9-5-6-11(8)10(9)4-2/h5-7,9-11H,3-4H2,1-2H3. The van der Waals surface area contributed by atoms with Crippen LogP contribution in [0, 0.1) is 17.8 Å². The molecule has 2 bridgehead atoms. The Kier molecular flexibility index (Phi) is 1.63. The third-order valence-electron chi connectivity index (χ3n) is 3.21. The van der Waals surface area contributed by atoms with Crippen molar-refractivity contribution in [2.24, 2.45) is 17.8 Å². The van der Waals surface area contributed by atoms with Crippen LogP contribution < -0.4 is 0 Å². The highest BCUT2D eigenvalue weighted by Gasteiger charge is 2.36. The van der Waals surface area contributed by atoms with Gasteiger partial charge in [-0.2, -0.15) is 0 Å². The topological polar surface area (TPSA) is 0 Å². The van der Waals surface area contributed by atoms with Crippen LogP contribution >= 0.6 is 0 Å². The lowest BCUT2D eigenvalue weighted by Crippen LogP contribution is -2.07. The van der Waals surface area contributed by atoms with E-state index in [0.717, 1.165) is 17.8 Å². The molecule has 0 aromatic heterocycles. The molecule has 2 aliphatic carbocycles. The summed E-state index contributed by atoms with van der Waals surface area (Å²) >= 11 is 0. The summed E-state index contributed by atoms with van der Waals surface area (Å²) in [5.41, 5.74) is 1.68. The third-order valence-corrected chi connectivity index (χ3v) is 3.21. The lowest BCUT2D eigenvalue weighted by atomic mass is 9.90. The number of hydrogen-bond donors (Lipinski definition) is 0. The summed E-state index contributed by atoms with van der Waals surface area (Å²) in [6.07, 6.45) is 9.87. The van der Waals surface area contributed by atoms with Gasteiger partial charge < -0.3 is 0 Å². The van der Waals surface area contributed by atoms with E-state index >= 15 is 0 Å². The highest BCUT2D eigenvalue weighted by atomic mass is 14.4. The molecule has 0 heteroatoms. The fraction of sp³-hybridized carbons (Fsp3) is 0.636. The smallest absolute Gasteiger partial charge is 0.00138 e. The summed E-state index contributed by atoms with van der Waals surface area (Å²) in [7, 11) is 0. The van der Waals surface area contributed by atoms with Crippen molar-refractivity contribution in [1.29, 1.82) is 0 Å². The second-order valence-corrected chi connectivity index (χ2v) is 3.66. The van der Waals surface area contributed by atoms with Crippen molar-refractivity contribution in [3.8, 4) is 0 Å². The molecule has 0 N–H and O–H groups in total. The minimum absolute atomic E-state index is 0.792. The Morgan fingerprint density at radius 1 is 1.27 bits per heavy atom. The number of rotatable bonds is 2. The third kappa shape index (κ3) is 0.885. The largest absolute Gasteiger partial charge is 0.0807 e. The Hall–Kier alpha value is -0.520. The highest BCUT2D eigenvalue weighted by molar-refractivity contribution is 5.32.